The van der Waals surface area contributed by atoms with Crippen molar-refractivity contribution < 1.29 is 19.0 Å². The molecule has 0 atom stereocenters. The quantitative estimate of drug-likeness (QED) is 0.536. The topological polar surface area (TPSA) is 97.8 Å². The van der Waals surface area contributed by atoms with Crippen LogP contribution >= 0.6 is 0 Å². The second-order valence-corrected chi connectivity index (χ2v) is 5.71. The molecule has 0 aliphatic carbocycles. The molecule has 2 N–H and O–H groups in total. The summed E-state index contributed by atoms with van der Waals surface area (Å²) in [7, 11) is 1.60. The second kappa shape index (κ2) is 7.20. The maximum atomic E-state index is 12.2. The predicted molar refractivity (Wildman–Crippen MR) is 98.2 cm³/mol. The average molecular weight is 364 g/mol. The van der Waals surface area contributed by atoms with E-state index in [4.69, 9.17) is 14.2 Å². The number of aromatic nitrogens is 2. The Kier molecular flexibility index (Phi) is 4.44. The van der Waals surface area contributed by atoms with Crippen LogP contribution in [0, 0.1) is 0 Å². The number of fused-ring (bicyclic) bond motifs is 1. The number of hydrogen-bond donors (Lipinski definition) is 2. The number of carbonyl (C=O) groups excluding carboxylic acids is 1. The predicted octanol–water partition coefficient (Wildman–Crippen LogP) is 2.58. The number of hydrazone groups is 1. The molecule has 4 rings (SSSR count). The molecule has 1 aliphatic rings. The zero-order chi connectivity index (χ0) is 18.6. The van der Waals surface area contributed by atoms with Gasteiger partial charge in [-0.3, -0.25) is 9.89 Å². The molecule has 0 radical (unpaired) electrons. The number of nitrogens with one attached hydrogen (secondary N) is 2. The third-order valence-corrected chi connectivity index (χ3v) is 3.99. The van der Waals surface area contributed by atoms with Crippen LogP contribution in [0.15, 0.2) is 53.6 Å². The Labute approximate surface area is 154 Å². The highest BCUT2D eigenvalue weighted by Gasteiger charge is 2.16. The summed E-state index contributed by atoms with van der Waals surface area (Å²) in [6.45, 7) is 0.208. The van der Waals surface area contributed by atoms with Gasteiger partial charge in [-0.05, 0) is 54.1 Å². The van der Waals surface area contributed by atoms with Crippen LogP contribution in [0.5, 0.6) is 17.2 Å². The highest BCUT2D eigenvalue weighted by atomic mass is 16.7. The van der Waals surface area contributed by atoms with Crippen LogP contribution in [0.3, 0.4) is 0 Å². The summed E-state index contributed by atoms with van der Waals surface area (Å²) < 4.78 is 15.7. The van der Waals surface area contributed by atoms with E-state index in [2.05, 4.69) is 20.7 Å². The van der Waals surface area contributed by atoms with Gasteiger partial charge in [0.05, 0.1) is 19.0 Å². The minimum atomic E-state index is -0.390. The molecular weight excluding hydrogens is 348 g/mol. The molecule has 8 heteroatoms. The van der Waals surface area contributed by atoms with E-state index < -0.39 is 0 Å². The minimum Gasteiger partial charge on any atom is -0.497 e. The summed E-state index contributed by atoms with van der Waals surface area (Å²) in [5.74, 6) is 1.72. The van der Waals surface area contributed by atoms with Gasteiger partial charge in [0.15, 0.2) is 11.5 Å². The molecule has 1 amide bonds. The molecule has 136 valence electrons. The second-order valence-electron chi connectivity index (χ2n) is 5.71. The number of carbonyl (C=O) groups is 1. The monoisotopic (exact) mass is 364 g/mol. The van der Waals surface area contributed by atoms with Gasteiger partial charge in [0.1, 0.15) is 11.4 Å². The zero-order valence-corrected chi connectivity index (χ0v) is 14.4. The summed E-state index contributed by atoms with van der Waals surface area (Å²) in [6.07, 6.45) is 1.55. The van der Waals surface area contributed by atoms with E-state index in [-0.39, 0.29) is 12.7 Å². The van der Waals surface area contributed by atoms with Crippen LogP contribution < -0.4 is 19.6 Å². The highest BCUT2D eigenvalue weighted by Crippen LogP contribution is 2.35. The molecule has 2 heterocycles. The SMILES string of the molecule is COc1ccc(C=NNC(=O)c2cc(-c3ccc4c(c3)OCO4)n[nH]2)cc1. The third kappa shape index (κ3) is 3.59. The minimum absolute atomic E-state index is 0.208. The van der Waals surface area contributed by atoms with E-state index in [1.807, 2.05) is 42.5 Å². The molecule has 0 unspecified atom stereocenters. The summed E-state index contributed by atoms with van der Waals surface area (Å²) in [5.41, 5.74) is 5.04. The first kappa shape index (κ1) is 16.6. The fraction of sp³-hybridized carbons (Fsp3) is 0.105. The largest absolute Gasteiger partial charge is 0.497 e. The molecular formula is C19H16N4O4. The van der Waals surface area contributed by atoms with Crippen molar-refractivity contribution in [3.05, 3.63) is 59.8 Å². The first-order chi connectivity index (χ1) is 13.2. The van der Waals surface area contributed by atoms with Gasteiger partial charge in [-0.1, -0.05) is 0 Å². The summed E-state index contributed by atoms with van der Waals surface area (Å²) in [4.78, 5) is 12.2. The number of hydrogen-bond acceptors (Lipinski definition) is 6. The van der Waals surface area contributed by atoms with Crippen LogP contribution in [0.4, 0.5) is 0 Å². The average Bonchev–Trinajstić information content (AvgIpc) is 3.37. The van der Waals surface area contributed by atoms with Crippen molar-refractivity contribution in [2.45, 2.75) is 0 Å². The van der Waals surface area contributed by atoms with Gasteiger partial charge in [-0.25, -0.2) is 5.43 Å². The van der Waals surface area contributed by atoms with Gasteiger partial charge in [0.2, 0.25) is 6.79 Å². The fourth-order valence-electron chi connectivity index (χ4n) is 2.56. The normalized spacial score (nSPS) is 12.3. The van der Waals surface area contributed by atoms with E-state index in [0.29, 0.717) is 22.9 Å². The van der Waals surface area contributed by atoms with Crippen LogP contribution in [0.25, 0.3) is 11.3 Å². The van der Waals surface area contributed by atoms with Crippen molar-refractivity contribution in [3.8, 4) is 28.5 Å². The lowest BCUT2D eigenvalue weighted by Gasteiger charge is -1.99. The van der Waals surface area contributed by atoms with Gasteiger partial charge >= 0.3 is 0 Å². The summed E-state index contributed by atoms with van der Waals surface area (Å²) in [6, 6.07) is 14.4. The number of ether oxygens (including phenoxy) is 3. The summed E-state index contributed by atoms with van der Waals surface area (Å²) in [5, 5.41) is 10.8. The number of rotatable bonds is 5. The van der Waals surface area contributed by atoms with Gasteiger partial charge in [-0.2, -0.15) is 10.2 Å². The standard InChI is InChI=1S/C19H16N4O4/c1-25-14-5-2-12(3-6-14)10-20-23-19(24)16-9-15(21-22-16)13-4-7-17-18(8-13)27-11-26-17/h2-10H,11H2,1H3,(H,21,22)(H,23,24). The van der Waals surface area contributed by atoms with Gasteiger partial charge < -0.3 is 14.2 Å². The Morgan fingerprint density at radius 2 is 2.00 bits per heavy atom. The molecule has 27 heavy (non-hydrogen) atoms. The van der Waals surface area contributed by atoms with Crippen LogP contribution in [-0.2, 0) is 0 Å². The summed E-state index contributed by atoms with van der Waals surface area (Å²) >= 11 is 0. The number of methoxy groups -OCH3 is 1. The Morgan fingerprint density at radius 1 is 1.19 bits per heavy atom. The third-order valence-electron chi connectivity index (χ3n) is 3.99. The van der Waals surface area contributed by atoms with Gasteiger partial charge in [0, 0.05) is 5.56 Å². The van der Waals surface area contributed by atoms with Crippen LogP contribution in [-0.4, -0.2) is 36.2 Å². The first-order valence-electron chi connectivity index (χ1n) is 8.16. The van der Waals surface area contributed by atoms with Crippen molar-refractivity contribution in [3.63, 3.8) is 0 Å². The molecule has 0 saturated carbocycles. The number of aromatic amines is 1. The maximum absolute atomic E-state index is 12.2. The lowest BCUT2D eigenvalue weighted by molar-refractivity contribution is 0.0950. The molecule has 0 saturated heterocycles. The molecule has 0 fully saturated rings. The lowest BCUT2D eigenvalue weighted by Crippen LogP contribution is -2.17. The molecule has 3 aromatic rings. The zero-order valence-electron chi connectivity index (χ0n) is 14.4. The number of H-pyrrole nitrogens is 1. The Bertz CT molecular complexity index is 995. The van der Waals surface area contributed by atoms with E-state index in [1.165, 1.54) is 0 Å². The molecule has 2 aromatic carbocycles. The molecule has 8 nitrogen and oxygen atoms in total. The van der Waals surface area contributed by atoms with Crippen molar-refractivity contribution in [1.82, 2.24) is 15.6 Å². The number of benzene rings is 2. The molecule has 0 bridgehead atoms. The lowest BCUT2D eigenvalue weighted by atomic mass is 10.1. The van der Waals surface area contributed by atoms with E-state index in [0.717, 1.165) is 16.9 Å². The van der Waals surface area contributed by atoms with Crippen molar-refractivity contribution >= 4 is 12.1 Å². The Hall–Kier alpha value is -3.81. The van der Waals surface area contributed by atoms with Crippen LogP contribution in [0.1, 0.15) is 16.1 Å². The first-order valence-corrected chi connectivity index (χ1v) is 8.16. The maximum Gasteiger partial charge on any atom is 0.289 e. The van der Waals surface area contributed by atoms with Crippen LogP contribution in [0.2, 0.25) is 0 Å². The fourth-order valence-corrected chi connectivity index (χ4v) is 2.56. The van der Waals surface area contributed by atoms with Crippen molar-refractivity contribution in [2.75, 3.05) is 13.9 Å². The van der Waals surface area contributed by atoms with E-state index >= 15 is 0 Å². The van der Waals surface area contributed by atoms with E-state index in [1.54, 1.807) is 19.4 Å². The van der Waals surface area contributed by atoms with E-state index in [9.17, 15) is 4.79 Å². The molecule has 1 aromatic heterocycles. The Morgan fingerprint density at radius 3 is 2.81 bits per heavy atom. The molecule has 1 aliphatic heterocycles. The van der Waals surface area contributed by atoms with Gasteiger partial charge in [-0.15, -0.1) is 0 Å². The molecule has 0 spiro atoms. The van der Waals surface area contributed by atoms with Gasteiger partial charge in [0.25, 0.3) is 5.91 Å². The number of nitrogens with zero attached hydrogens (tertiary/aromatic N) is 2. The Balaban J connectivity index is 1.41. The highest BCUT2D eigenvalue weighted by molar-refractivity contribution is 5.94. The van der Waals surface area contributed by atoms with Crippen molar-refractivity contribution in [1.29, 1.82) is 0 Å². The van der Waals surface area contributed by atoms with Crippen molar-refractivity contribution in [2.24, 2.45) is 5.10 Å². The number of amides is 1. The smallest absolute Gasteiger partial charge is 0.289 e.